The lowest BCUT2D eigenvalue weighted by atomic mass is 9.62. The van der Waals surface area contributed by atoms with Crippen LogP contribution in [0.1, 0.15) is 60.9 Å². The number of ether oxygens (including phenoxy) is 1. The van der Waals surface area contributed by atoms with E-state index in [9.17, 15) is 19.8 Å². The van der Waals surface area contributed by atoms with Gasteiger partial charge >= 0.3 is 5.97 Å². The van der Waals surface area contributed by atoms with Gasteiger partial charge in [0, 0.05) is 23.7 Å². The summed E-state index contributed by atoms with van der Waals surface area (Å²) in [5, 5.41) is 21.1. The van der Waals surface area contributed by atoms with Crippen molar-refractivity contribution in [3.05, 3.63) is 60.2 Å². The molecular formula is C26H34O5. The summed E-state index contributed by atoms with van der Waals surface area (Å²) in [5.74, 6) is -0.721. The maximum absolute atomic E-state index is 12.5. The smallest absolute Gasteiger partial charge is 0.337 e. The lowest BCUT2D eigenvalue weighted by Gasteiger charge is -2.45. The molecule has 0 bridgehead atoms. The van der Waals surface area contributed by atoms with Crippen LogP contribution in [0.2, 0.25) is 0 Å². The molecule has 3 rings (SSSR count). The summed E-state index contributed by atoms with van der Waals surface area (Å²) in [6.07, 6.45) is 10.8. The van der Waals surface area contributed by atoms with Crippen molar-refractivity contribution in [3.63, 3.8) is 0 Å². The van der Waals surface area contributed by atoms with E-state index >= 15 is 0 Å². The Kier molecular flexibility index (Phi) is 7.84. The van der Waals surface area contributed by atoms with Crippen molar-refractivity contribution >= 4 is 11.8 Å². The topological polar surface area (TPSA) is 83.8 Å². The summed E-state index contributed by atoms with van der Waals surface area (Å²) >= 11 is 0. The Balaban J connectivity index is 1.58. The summed E-state index contributed by atoms with van der Waals surface area (Å²) in [5.41, 5.74) is 1.49. The Morgan fingerprint density at radius 3 is 2.61 bits per heavy atom. The summed E-state index contributed by atoms with van der Waals surface area (Å²) in [4.78, 5) is 24.0. The second kappa shape index (κ2) is 10.4. The van der Waals surface area contributed by atoms with Crippen LogP contribution in [0.25, 0.3) is 0 Å². The van der Waals surface area contributed by atoms with Gasteiger partial charge in [0.05, 0.1) is 24.9 Å². The Hall–Kier alpha value is -2.24. The molecular weight excluding hydrogens is 392 g/mol. The highest BCUT2D eigenvalue weighted by Gasteiger charge is 2.42. The molecule has 31 heavy (non-hydrogen) atoms. The third kappa shape index (κ3) is 5.34. The number of rotatable bonds is 10. The van der Waals surface area contributed by atoms with Gasteiger partial charge in [-0.15, -0.1) is 6.58 Å². The van der Waals surface area contributed by atoms with Crippen LogP contribution in [0.4, 0.5) is 0 Å². The first-order valence-corrected chi connectivity index (χ1v) is 11.2. The molecule has 4 atom stereocenters. The molecule has 0 amide bonds. The number of aliphatic hydroxyl groups excluding tert-OH is 2. The van der Waals surface area contributed by atoms with Gasteiger partial charge in [0.2, 0.25) is 0 Å². The van der Waals surface area contributed by atoms with Crippen LogP contribution in [0.5, 0.6) is 0 Å². The number of aryl methyl sites for hydroxylation is 1. The average molecular weight is 427 g/mol. The molecule has 1 aromatic carbocycles. The number of ketones is 1. The Morgan fingerprint density at radius 2 is 2.03 bits per heavy atom. The van der Waals surface area contributed by atoms with Crippen LogP contribution < -0.4 is 0 Å². The molecule has 5 nitrogen and oxygen atoms in total. The molecule has 0 aliphatic heterocycles. The molecule has 2 aliphatic rings. The molecule has 2 N–H and O–H groups in total. The highest BCUT2D eigenvalue weighted by molar-refractivity contribution is 5.89. The first kappa shape index (κ1) is 23.4. The fourth-order valence-electron chi connectivity index (χ4n) is 5.05. The van der Waals surface area contributed by atoms with Crippen molar-refractivity contribution in [3.8, 4) is 0 Å². The van der Waals surface area contributed by atoms with Crippen LogP contribution in [0, 0.1) is 17.3 Å². The van der Waals surface area contributed by atoms with E-state index in [4.69, 9.17) is 4.74 Å². The zero-order chi connectivity index (χ0) is 22.4. The number of esters is 1. The van der Waals surface area contributed by atoms with E-state index < -0.39 is 12.2 Å². The number of methoxy groups -OCH3 is 1. The minimum absolute atomic E-state index is 0.0496. The minimum atomic E-state index is -0.668. The molecule has 2 fully saturated rings. The predicted molar refractivity (Wildman–Crippen MR) is 120 cm³/mol. The molecule has 0 spiro atoms. The van der Waals surface area contributed by atoms with Crippen molar-refractivity contribution in [2.45, 2.75) is 63.6 Å². The van der Waals surface area contributed by atoms with Gasteiger partial charge in [-0.1, -0.05) is 36.8 Å². The van der Waals surface area contributed by atoms with E-state index in [-0.39, 0.29) is 35.4 Å². The molecule has 0 aromatic heterocycles. The van der Waals surface area contributed by atoms with Gasteiger partial charge in [0.25, 0.3) is 0 Å². The zero-order valence-electron chi connectivity index (χ0n) is 18.3. The highest BCUT2D eigenvalue weighted by atomic mass is 16.5. The monoisotopic (exact) mass is 426 g/mol. The number of carbonyl (C=O) groups is 2. The number of hydrogen-bond donors (Lipinski definition) is 2. The molecule has 2 aliphatic carbocycles. The van der Waals surface area contributed by atoms with E-state index in [1.165, 1.54) is 7.11 Å². The average Bonchev–Trinajstić information content (AvgIpc) is 3.01. The fourth-order valence-corrected chi connectivity index (χ4v) is 5.05. The fraction of sp³-hybridized carbons (Fsp3) is 0.538. The number of allylic oxidation sites excluding steroid dienone is 1. The van der Waals surface area contributed by atoms with Crippen LogP contribution in [0.15, 0.2) is 49.1 Å². The number of carbonyl (C=O) groups excluding carboxylic acids is 2. The second-order valence-electron chi connectivity index (χ2n) is 9.04. The van der Waals surface area contributed by atoms with Gasteiger partial charge in [-0.3, -0.25) is 4.79 Å². The summed E-state index contributed by atoms with van der Waals surface area (Å²) in [6, 6.07) is 7.21. The van der Waals surface area contributed by atoms with Gasteiger partial charge in [0.1, 0.15) is 5.78 Å². The van der Waals surface area contributed by atoms with Gasteiger partial charge in [-0.05, 0) is 56.2 Å². The maximum Gasteiger partial charge on any atom is 0.337 e. The quantitative estimate of drug-likeness (QED) is 0.436. The van der Waals surface area contributed by atoms with Crippen LogP contribution in [-0.2, 0) is 16.0 Å². The second-order valence-corrected chi connectivity index (χ2v) is 9.04. The molecule has 0 radical (unpaired) electrons. The lowest BCUT2D eigenvalue weighted by molar-refractivity contribution is -0.121. The number of benzene rings is 1. The molecule has 0 heterocycles. The molecule has 2 saturated carbocycles. The standard InChI is InChI=1S/C26H34O5/c1-3-14-26(15-5-16-26)24(29)7-4-6-20-21(23(28)17-22(20)27)13-10-18-8-11-19(12-9-18)25(30)31-2/h3-4,6,8-9,11-12,20-22,24,27,29H,1,5,7,10,13-17H2,2H3/t20-,21-,22?,24?/m1/s1. The predicted octanol–water partition coefficient (Wildman–Crippen LogP) is 4.03. The number of hydrogen-bond acceptors (Lipinski definition) is 5. The van der Waals surface area contributed by atoms with Crippen LogP contribution >= 0.6 is 0 Å². The van der Waals surface area contributed by atoms with Crippen LogP contribution in [0.3, 0.4) is 0 Å². The Labute approximate surface area is 184 Å². The molecule has 2 unspecified atom stereocenters. The molecule has 0 saturated heterocycles. The van der Waals surface area contributed by atoms with E-state index in [0.29, 0.717) is 24.8 Å². The molecule has 1 aromatic rings. The highest BCUT2D eigenvalue weighted by Crippen LogP contribution is 2.48. The van der Waals surface area contributed by atoms with Crippen LogP contribution in [-0.4, -0.2) is 41.3 Å². The largest absolute Gasteiger partial charge is 0.465 e. The normalized spacial score (nSPS) is 25.9. The lowest BCUT2D eigenvalue weighted by Crippen LogP contribution is -2.40. The van der Waals surface area contributed by atoms with Gasteiger partial charge in [0.15, 0.2) is 0 Å². The third-order valence-corrected chi connectivity index (χ3v) is 7.18. The van der Waals surface area contributed by atoms with E-state index in [1.54, 1.807) is 12.1 Å². The number of Topliss-reactive ketones (excluding diaryl/α,β-unsaturated/α-hetero) is 1. The maximum atomic E-state index is 12.5. The zero-order valence-corrected chi connectivity index (χ0v) is 18.3. The third-order valence-electron chi connectivity index (χ3n) is 7.18. The van der Waals surface area contributed by atoms with Crippen molar-refractivity contribution in [2.24, 2.45) is 17.3 Å². The molecule has 5 heteroatoms. The Bertz CT molecular complexity index is 806. The summed E-state index contributed by atoms with van der Waals surface area (Å²) < 4.78 is 4.72. The Morgan fingerprint density at radius 1 is 1.32 bits per heavy atom. The minimum Gasteiger partial charge on any atom is -0.465 e. The molecule has 168 valence electrons. The van der Waals surface area contributed by atoms with E-state index in [2.05, 4.69) is 6.58 Å². The first-order valence-electron chi connectivity index (χ1n) is 11.2. The number of aliphatic hydroxyl groups is 2. The summed E-state index contributed by atoms with van der Waals surface area (Å²) in [7, 11) is 1.35. The van der Waals surface area contributed by atoms with Crippen molar-refractivity contribution in [2.75, 3.05) is 7.11 Å². The van der Waals surface area contributed by atoms with Crippen molar-refractivity contribution < 1.29 is 24.5 Å². The van der Waals surface area contributed by atoms with Gasteiger partial charge in [-0.2, -0.15) is 0 Å². The van der Waals surface area contributed by atoms with Gasteiger partial charge < -0.3 is 14.9 Å². The van der Waals surface area contributed by atoms with E-state index in [0.717, 1.165) is 31.2 Å². The van der Waals surface area contributed by atoms with Gasteiger partial charge in [-0.25, -0.2) is 4.79 Å². The van der Waals surface area contributed by atoms with Crippen molar-refractivity contribution in [1.82, 2.24) is 0 Å². The van der Waals surface area contributed by atoms with Crippen molar-refractivity contribution in [1.29, 1.82) is 0 Å². The summed E-state index contributed by atoms with van der Waals surface area (Å²) in [6.45, 7) is 3.82. The SMILES string of the molecule is C=CCC1(C(O)CC=C[C@H]2C(O)CC(=O)[C@@H]2CCc2ccc(C(=O)OC)cc2)CCC1. The van der Waals surface area contributed by atoms with E-state index in [1.807, 2.05) is 30.4 Å². The first-order chi connectivity index (χ1) is 14.9.